The number of carbonyl (C=O) groups is 1. The van der Waals surface area contributed by atoms with Crippen LogP contribution in [-0.2, 0) is 15.1 Å². The Kier molecular flexibility index (Phi) is 5.77. The van der Waals surface area contributed by atoms with Gasteiger partial charge in [-0.05, 0) is 53.6 Å². The molecule has 1 aliphatic rings. The van der Waals surface area contributed by atoms with Crippen LogP contribution in [0.4, 0.5) is 13.2 Å². The Bertz CT molecular complexity index is 574. The monoisotopic (exact) mass is 443 g/mol. The van der Waals surface area contributed by atoms with Crippen molar-refractivity contribution >= 4 is 28.6 Å². The highest BCUT2D eigenvalue weighted by molar-refractivity contribution is 14.1. The summed E-state index contributed by atoms with van der Waals surface area (Å²) in [5, 5.41) is 2.41. The van der Waals surface area contributed by atoms with Crippen molar-refractivity contribution in [2.24, 2.45) is 0 Å². The van der Waals surface area contributed by atoms with Crippen LogP contribution in [0.3, 0.4) is 0 Å². The number of ether oxygens (including phenoxy) is 2. The predicted molar refractivity (Wildman–Crippen MR) is 86.3 cm³/mol. The van der Waals surface area contributed by atoms with Gasteiger partial charge in [0, 0.05) is 13.0 Å². The molecule has 1 aromatic rings. The maximum Gasteiger partial charge on any atom is 0.412 e. The molecule has 1 heterocycles. The molecule has 1 atom stereocenters. The Hall–Kier alpha value is -1.03. The van der Waals surface area contributed by atoms with Crippen molar-refractivity contribution in [3.05, 3.63) is 27.3 Å². The van der Waals surface area contributed by atoms with E-state index in [1.165, 1.54) is 18.2 Å². The van der Waals surface area contributed by atoms with E-state index in [0.29, 0.717) is 29.0 Å². The Labute approximate surface area is 145 Å². The zero-order valence-corrected chi connectivity index (χ0v) is 14.7. The van der Waals surface area contributed by atoms with Gasteiger partial charge in [-0.1, -0.05) is 6.07 Å². The lowest BCUT2D eigenvalue weighted by molar-refractivity contribution is -0.161. The number of alkyl halides is 3. The lowest BCUT2D eigenvalue weighted by Crippen LogP contribution is -2.33. The first kappa shape index (κ1) is 18.3. The molecule has 1 aliphatic heterocycles. The molecular formula is C15H17F3INO3. The topological polar surface area (TPSA) is 57.5 Å². The number of rotatable bonds is 7. The maximum atomic E-state index is 13.1. The second kappa shape index (κ2) is 7.25. The molecule has 0 aromatic heterocycles. The molecule has 1 unspecified atom stereocenters. The molecule has 0 aliphatic carbocycles. The average Bonchev–Trinajstić information content (AvgIpc) is 3.26. The normalized spacial score (nSPS) is 20.2. The van der Waals surface area contributed by atoms with Crippen LogP contribution >= 0.6 is 22.6 Å². The summed E-state index contributed by atoms with van der Waals surface area (Å²) in [5.41, 5.74) is -1.73. The van der Waals surface area contributed by atoms with E-state index in [1.807, 2.05) is 22.6 Å². The molecule has 4 nitrogen and oxygen atoms in total. The van der Waals surface area contributed by atoms with E-state index in [1.54, 1.807) is 6.92 Å². The third kappa shape index (κ3) is 4.28. The summed E-state index contributed by atoms with van der Waals surface area (Å²) >= 11 is 1.95. The predicted octanol–water partition coefficient (Wildman–Crippen LogP) is 3.37. The smallest absolute Gasteiger partial charge is 0.412 e. The summed E-state index contributed by atoms with van der Waals surface area (Å²) in [7, 11) is 0. The second-order valence-electron chi connectivity index (χ2n) is 5.16. The molecule has 2 rings (SSSR count). The zero-order chi connectivity index (χ0) is 17.1. The molecule has 23 heavy (non-hydrogen) atoms. The van der Waals surface area contributed by atoms with Crippen LogP contribution in [0.2, 0.25) is 0 Å². The number of carbonyl (C=O) groups excluding carboxylic acids is 1. The fraction of sp³-hybridized carbons (Fsp3) is 0.533. The van der Waals surface area contributed by atoms with Crippen LogP contribution in [-0.4, -0.2) is 31.9 Å². The van der Waals surface area contributed by atoms with Crippen LogP contribution in [0.25, 0.3) is 0 Å². The van der Waals surface area contributed by atoms with Gasteiger partial charge in [0.2, 0.25) is 0 Å². The number of benzene rings is 1. The third-order valence-corrected chi connectivity index (χ3v) is 4.37. The molecule has 128 valence electrons. The zero-order valence-electron chi connectivity index (χ0n) is 12.5. The summed E-state index contributed by atoms with van der Waals surface area (Å²) in [5.74, 6) is 0.226. The van der Waals surface area contributed by atoms with Gasteiger partial charge >= 0.3 is 12.1 Å². The van der Waals surface area contributed by atoms with Crippen molar-refractivity contribution in [2.75, 3.05) is 19.8 Å². The minimum absolute atomic E-state index is 0.105. The molecule has 0 radical (unpaired) electrons. The molecule has 1 fully saturated rings. The lowest BCUT2D eigenvalue weighted by Gasteiger charge is -2.19. The van der Waals surface area contributed by atoms with Crippen molar-refractivity contribution in [3.8, 4) is 5.75 Å². The first-order valence-electron chi connectivity index (χ1n) is 7.20. The quantitative estimate of drug-likeness (QED) is 0.304. The van der Waals surface area contributed by atoms with Gasteiger partial charge in [-0.15, -0.1) is 0 Å². The molecule has 0 bridgehead atoms. The van der Waals surface area contributed by atoms with E-state index >= 15 is 0 Å². The van der Waals surface area contributed by atoms with Crippen molar-refractivity contribution in [2.45, 2.75) is 31.5 Å². The van der Waals surface area contributed by atoms with Crippen LogP contribution in [0, 0.1) is 3.57 Å². The van der Waals surface area contributed by atoms with E-state index in [-0.39, 0.29) is 24.5 Å². The summed E-state index contributed by atoms with van der Waals surface area (Å²) < 4.78 is 50.1. The largest absolute Gasteiger partial charge is 0.492 e. The highest BCUT2D eigenvalue weighted by atomic mass is 127. The van der Waals surface area contributed by atoms with E-state index < -0.39 is 11.7 Å². The lowest BCUT2D eigenvalue weighted by atomic mass is 9.98. The Balaban J connectivity index is 1.92. The highest BCUT2D eigenvalue weighted by Gasteiger charge is 2.64. The summed E-state index contributed by atoms with van der Waals surface area (Å²) in [6.45, 7) is 2.28. The fourth-order valence-electron chi connectivity index (χ4n) is 2.17. The first-order chi connectivity index (χ1) is 10.8. The van der Waals surface area contributed by atoms with Gasteiger partial charge in [0.1, 0.15) is 5.75 Å². The van der Waals surface area contributed by atoms with Gasteiger partial charge in [0.05, 0.1) is 16.8 Å². The average molecular weight is 443 g/mol. The highest BCUT2D eigenvalue weighted by Crippen LogP contribution is 2.46. The third-order valence-electron chi connectivity index (χ3n) is 3.53. The minimum atomic E-state index is -4.32. The number of nitrogens with one attached hydrogen (secondary N) is 1. The Morgan fingerprint density at radius 2 is 2.13 bits per heavy atom. The van der Waals surface area contributed by atoms with E-state index in [9.17, 15) is 18.0 Å². The molecular weight excluding hydrogens is 426 g/mol. The summed E-state index contributed by atoms with van der Waals surface area (Å²) in [4.78, 5) is 11.2. The molecule has 0 saturated carbocycles. The minimum Gasteiger partial charge on any atom is -0.492 e. The van der Waals surface area contributed by atoms with Gasteiger partial charge in [-0.25, -0.2) is 0 Å². The summed E-state index contributed by atoms with van der Waals surface area (Å²) in [6, 6.07) is 4.44. The molecule has 1 aromatic carbocycles. The van der Waals surface area contributed by atoms with Crippen LogP contribution in [0.5, 0.6) is 5.75 Å². The number of hydrogen-bond acceptors (Lipinski definition) is 4. The summed E-state index contributed by atoms with van der Waals surface area (Å²) in [6.07, 6.45) is -3.58. The second-order valence-corrected chi connectivity index (χ2v) is 6.32. The number of halogens is 4. The fourth-order valence-corrected chi connectivity index (χ4v) is 2.84. The number of esters is 1. The van der Waals surface area contributed by atoms with E-state index in [4.69, 9.17) is 9.47 Å². The van der Waals surface area contributed by atoms with Gasteiger partial charge in [0.25, 0.3) is 0 Å². The molecule has 8 heteroatoms. The van der Waals surface area contributed by atoms with Crippen molar-refractivity contribution in [1.82, 2.24) is 5.32 Å². The van der Waals surface area contributed by atoms with Crippen molar-refractivity contribution in [3.63, 3.8) is 0 Å². The van der Waals surface area contributed by atoms with Gasteiger partial charge in [0.15, 0.2) is 5.54 Å². The molecule has 0 amide bonds. The SMILES string of the molecule is CCOC(=O)CCCOc1ccc(C2(C(F)(F)F)CN2)cc1I. The van der Waals surface area contributed by atoms with Gasteiger partial charge in [-0.2, -0.15) is 13.2 Å². The molecule has 1 N–H and O–H groups in total. The maximum absolute atomic E-state index is 13.1. The molecule has 0 spiro atoms. The first-order valence-corrected chi connectivity index (χ1v) is 8.28. The van der Waals surface area contributed by atoms with Crippen molar-refractivity contribution < 1.29 is 27.4 Å². The van der Waals surface area contributed by atoms with Gasteiger partial charge < -0.3 is 9.47 Å². The standard InChI is InChI=1S/C15H17F3INO3/c1-2-22-13(21)4-3-7-23-12-6-5-10(8-11(12)19)14(9-20-14)15(16,17)18/h5-6,8,20H,2-4,7,9H2,1H3. The van der Waals surface area contributed by atoms with Crippen LogP contribution < -0.4 is 10.1 Å². The molecule has 1 saturated heterocycles. The number of hydrogen-bond donors (Lipinski definition) is 1. The van der Waals surface area contributed by atoms with Crippen LogP contribution in [0.15, 0.2) is 18.2 Å². The van der Waals surface area contributed by atoms with Crippen LogP contribution in [0.1, 0.15) is 25.3 Å². The Morgan fingerprint density at radius 1 is 1.43 bits per heavy atom. The van der Waals surface area contributed by atoms with E-state index in [2.05, 4.69) is 5.32 Å². The van der Waals surface area contributed by atoms with Gasteiger partial charge in [-0.3, -0.25) is 10.1 Å². The van der Waals surface area contributed by atoms with Crippen molar-refractivity contribution in [1.29, 1.82) is 0 Å². The van der Waals surface area contributed by atoms with E-state index in [0.717, 1.165) is 0 Å². The Morgan fingerprint density at radius 3 is 2.65 bits per heavy atom.